The van der Waals surface area contributed by atoms with Crippen molar-refractivity contribution in [2.45, 2.75) is 86.4 Å². The first-order valence-corrected chi connectivity index (χ1v) is 10.1. The second kappa shape index (κ2) is 12.0. The minimum absolute atomic E-state index is 0.203. The zero-order valence-electron chi connectivity index (χ0n) is 18.8. The van der Waals surface area contributed by atoms with Crippen molar-refractivity contribution in [2.24, 2.45) is 5.92 Å². The lowest BCUT2D eigenvalue weighted by molar-refractivity contribution is -0.0346. The summed E-state index contributed by atoms with van der Waals surface area (Å²) < 4.78 is 17.1. The second-order valence-electron chi connectivity index (χ2n) is 8.42. The predicted octanol–water partition coefficient (Wildman–Crippen LogP) is 6.28. The van der Waals surface area contributed by atoms with Crippen LogP contribution in [0.1, 0.15) is 85.5 Å². The Balaban J connectivity index is 0.00000326. The zero-order valence-corrected chi connectivity index (χ0v) is 18.8. The van der Waals surface area contributed by atoms with Crippen LogP contribution in [0.3, 0.4) is 0 Å². The molecule has 0 spiro atoms. The maximum Gasteiger partial charge on any atom is 0.338 e. The fraction of sp³-hybridized carbons (Fsp3) is 0.696. The number of esters is 1. The predicted molar refractivity (Wildman–Crippen MR) is 113 cm³/mol. The molecule has 0 aromatic heterocycles. The van der Waals surface area contributed by atoms with E-state index in [4.69, 9.17) is 14.2 Å². The molecule has 0 aliphatic carbocycles. The molecule has 1 rings (SSSR count). The molecule has 0 aliphatic heterocycles. The van der Waals surface area contributed by atoms with Gasteiger partial charge >= 0.3 is 5.97 Å². The van der Waals surface area contributed by atoms with E-state index in [0.717, 1.165) is 25.2 Å². The van der Waals surface area contributed by atoms with Crippen LogP contribution >= 0.6 is 0 Å². The first-order valence-electron chi connectivity index (χ1n) is 10.1. The first kappa shape index (κ1) is 25.4. The lowest BCUT2D eigenvalue weighted by Crippen LogP contribution is -2.27. The standard InChI is InChI=1S/C21H34O4.C2H6/c1-16(2)12-14-24-21(6,7)13-15-23-18-10-8-17(9-11-18)19(22)25-20(3,4)5;1-2/h8-11,16H,12-15H2,1-7H3;1-2H3. The summed E-state index contributed by atoms with van der Waals surface area (Å²) in [5.41, 5.74) is -0.168. The Kier molecular flexibility index (Phi) is 11.3. The van der Waals surface area contributed by atoms with Crippen LogP contribution in [0.15, 0.2) is 24.3 Å². The molecule has 0 aliphatic rings. The quantitative estimate of drug-likeness (QED) is 0.473. The Morgan fingerprint density at radius 1 is 0.963 bits per heavy atom. The summed E-state index contributed by atoms with van der Waals surface area (Å²) in [7, 11) is 0. The molecular formula is C23H40O4. The summed E-state index contributed by atoms with van der Waals surface area (Å²) in [6.45, 7) is 19.5. The van der Waals surface area contributed by atoms with Crippen LogP contribution in [0, 0.1) is 5.92 Å². The van der Waals surface area contributed by atoms with E-state index >= 15 is 0 Å². The first-order chi connectivity index (χ1) is 12.5. The topological polar surface area (TPSA) is 44.8 Å². The van der Waals surface area contributed by atoms with Gasteiger partial charge in [-0.05, 0) is 71.2 Å². The lowest BCUT2D eigenvalue weighted by Gasteiger charge is -2.26. The Morgan fingerprint density at radius 2 is 1.52 bits per heavy atom. The van der Waals surface area contributed by atoms with Gasteiger partial charge in [-0.1, -0.05) is 27.7 Å². The summed E-state index contributed by atoms with van der Waals surface area (Å²) in [5.74, 6) is 1.07. The third-order valence-corrected chi connectivity index (χ3v) is 3.65. The molecule has 0 amide bonds. The van der Waals surface area contributed by atoms with Crippen LogP contribution in [0.2, 0.25) is 0 Å². The van der Waals surface area contributed by atoms with E-state index in [2.05, 4.69) is 27.7 Å². The van der Waals surface area contributed by atoms with E-state index in [-0.39, 0.29) is 11.6 Å². The third-order valence-electron chi connectivity index (χ3n) is 3.65. The van der Waals surface area contributed by atoms with Gasteiger partial charge in [-0.25, -0.2) is 4.79 Å². The van der Waals surface area contributed by atoms with Gasteiger partial charge < -0.3 is 14.2 Å². The maximum absolute atomic E-state index is 12.0. The minimum atomic E-state index is -0.493. The Bertz CT molecular complexity index is 524. The SMILES string of the molecule is CC.CC(C)CCOC(C)(C)CCOc1ccc(C(=O)OC(C)(C)C)cc1. The molecule has 0 N–H and O–H groups in total. The number of benzene rings is 1. The van der Waals surface area contributed by atoms with Gasteiger partial charge in [0.1, 0.15) is 11.4 Å². The molecule has 0 fully saturated rings. The summed E-state index contributed by atoms with van der Waals surface area (Å²) in [6, 6.07) is 7.05. The average Bonchev–Trinajstić information content (AvgIpc) is 2.55. The molecule has 4 nitrogen and oxygen atoms in total. The molecule has 0 atom stereocenters. The van der Waals surface area contributed by atoms with Crippen LogP contribution < -0.4 is 4.74 Å². The zero-order chi connectivity index (χ0) is 21.1. The van der Waals surface area contributed by atoms with Gasteiger partial charge in [0, 0.05) is 13.0 Å². The largest absolute Gasteiger partial charge is 0.493 e. The van der Waals surface area contributed by atoms with Crippen molar-refractivity contribution < 1.29 is 19.0 Å². The molecule has 0 radical (unpaired) electrons. The fourth-order valence-corrected chi connectivity index (χ4v) is 2.08. The highest BCUT2D eigenvalue weighted by molar-refractivity contribution is 5.89. The van der Waals surface area contributed by atoms with Crippen molar-refractivity contribution in [2.75, 3.05) is 13.2 Å². The number of ether oxygens (including phenoxy) is 3. The molecule has 0 saturated heterocycles. The van der Waals surface area contributed by atoms with Crippen LogP contribution in [-0.2, 0) is 9.47 Å². The molecule has 0 bridgehead atoms. The Hall–Kier alpha value is -1.55. The van der Waals surface area contributed by atoms with Crippen LogP contribution in [-0.4, -0.2) is 30.4 Å². The smallest absolute Gasteiger partial charge is 0.338 e. The highest BCUT2D eigenvalue weighted by atomic mass is 16.6. The van der Waals surface area contributed by atoms with Crippen LogP contribution in [0.5, 0.6) is 5.75 Å². The highest BCUT2D eigenvalue weighted by Crippen LogP contribution is 2.19. The molecule has 4 heteroatoms. The molecular weight excluding hydrogens is 340 g/mol. The van der Waals surface area contributed by atoms with Gasteiger partial charge in [0.25, 0.3) is 0 Å². The highest BCUT2D eigenvalue weighted by Gasteiger charge is 2.19. The van der Waals surface area contributed by atoms with Gasteiger partial charge in [0.2, 0.25) is 0 Å². The van der Waals surface area contributed by atoms with Crippen molar-refractivity contribution in [1.29, 1.82) is 0 Å². The number of rotatable bonds is 9. The van der Waals surface area contributed by atoms with Gasteiger partial charge in [0.05, 0.1) is 17.8 Å². The molecule has 1 aromatic carbocycles. The summed E-state index contributed by atoms with van der Waals surface area (Å²) in [5, 5.41) is 0. The van der Waals surface area contributed by atoms with E-state index in [1.165, 1.54) is 0 Å². The minimum Gasteiger partial charge on any atom is -0.493 e. The molecule has 156 valence electrons. The summed E-state index contributed by atoms with van der Waals surface area (Å²) in [6.07, 6.45) is 1.87. The molecule has 0 heterocycles. The molecule has 27 heavy (non-hydrogen) atoms. The van der Waals surface area contributed by atoms with Gasteiger partial charge in [-0.2, -0.15) is 0 Å². The second-order valence-corrected chi connectivity index (χ2v) is 8.42. The normalized spacial score (nSPS) is 11.6. The third kappa shape index (κ3) is 12.5. The Labute approximate surface area is 166 Å². The monoisotopic (exact) mass is 380 g/mol. The van der Waals surface area contributed by atoms with Crippen molar-refractivity contribution >= 4 is 5.97 Å². The van der Waals surface area contributed by atoms with E-state index in [0.29, 0.717) is 18.1 Å². The van der Waals surface area contributed by atoms with E-state index in [1.54, 1.807) is 24.3 Å². The fourth-order valence-electron chi connectivity index (χ4n) is 2.08. The number of hydrogen-bond donors (Lipinski definition) is 0. The lowest BCUT2D eigenvalue weighted by atomic mass is 10.1. The van der Waals surface area contributed by atoms with E-state index < -0.39 is 5.60 Å². The van der Waals surface area contributed by atoms with Crippen LogP contribution in [0.4, 0.5) is 0 Å². The van der Waals surface area contributed by atoms with Gasteiger partial charge in [-0.3, -0.25) is 0 Å². The van der Waals surface area contributed by atoms with Crippen molar-refractivity contribution in [3.63, 3.8) is 0 Å². The van der Waals surface area contributed by atoms with E-state index in [1.807, 2.05) is 34.6 Å². The molecule has 0 unspecified atom stereocenters. The molecule has 1 aromatic rings. The summed E-state index contributed by atoms with van der Waals surface area (Å²) >= 11 is 0. The Morgan fingerprint density at radius 3 is 2.00 bits per heavy atom. The van der Waals surface area contributed by atoms with Crippen LogP contribution in [0.25, 0.3) is 0 Å². The maximum atomic E-state index is 12.0. The van der Waals surface area contributed by atoms with Gasteiger partial charge in [0.15, 0.2) is 0 Å². The number of carbonyl (C=O) groups is 1. The van der Waals surface area contributed by atoms with E-state index in [9.17, 15) is 4.79 Å². The number of carbonyl (C=O) groups excluding carboxylic acids is 1. The average molecular weight is 381 g/mol. The van der Waals surface area contributed by atoms with Crippen molar-refractivity contribution in [3.05, 3.63) is 29.8 Å². The van der Waals surface area contributed by atoms with Crippen molar-refractivity contribution in [1.82, 2.24) is 0 Å². The number of hydrogen-bond acceptors (Lipinski definition) is 4. The molecule has 0 saturated carbocycles. The van der Waals surface area contributed by atoms with Crippen molar-refractivity contribution in [3.8, 4) is 5.75 Å². The van der Waals surface area contributed by atoms with Gasteiger partial charge in [-0.15, -0.1) is 0 Å². The summed E-state index contributed by atoms with van der Waals surface area (Å²) in [4.78, 5) is 12.0.